The molecule has 54 heavy (non-hydrogen) atoms. The summed E-state index contributed by atoms with van der Waals surface area (Å²) in [5.41, 5.74) is 3.70. The number of aliphatic carboxylic acids is 3. The Morgan fingerprint density at radius 3 is 2.37 bits per heavy atom. The molecule has 0 bridgehead atoms. The number of amides is 2. The van der Waals surface area contributed by atoms with E-state index in [-0.39, 0.29) is 52.5 Å². The monoisotopic (exact) mass is 803 g/mol. The number of carbonyl (C=O) groups excluding carboxylic acids is 4. The van der Waals surface area contributed by atoms with Gasteiger partial charge in [0.05, 0.1) is 0 Å². The zero-order chi connectivity index (χ0) is 39.3. The number of carboxylic acids is 3. The lowest BCUT2D eigenvalue weighted by molar-refractivity contribution is -0.686. The zero-order valence-corrected chi connectivity index (χ0v) is 30.6. The number of thiazole rings is 1. The number of oxime groups is 1. The highest BCUT2D eigenvalue weighted by molar-refractivity contribution is 8.00. The molecule has 4 heterocycles. The van der Waals surface area contributed by atoms with E-state index in [1.807, 2.05) is 0 Å². The van der Waals surface area contributed by atoms with E-state index in [1.54, 1.807) is 24.5 Å². The van der Waals surface area contributed by atoms with Crippen LogP contribution >= 0.6 is 34.9 Å². The van der Waals surface area contributed by atoms with Crippen molar-refractivity contribution in [3.8, 4) is 11.5 Å². The summed E-state index contributed by atoms with van der Waals surface area (Å²) < 4.78 is 11.5. The van der Waals surface area contributed by atoms with Crippen LogP contribution in [0.5, 0.6) is 11.5 Å². The number of anilines is 1. The third-order valence-electron chi connectivity index (χ3n) is 7.81. The summed E-state index contributed by atoms with van der Waals surface area (Å²) in [4.78, 5) is 97.4. The van der Waals surface area contributed by atoms with Gasteiger partial charge in [0.1, 0.15) is 22.5 Å². The Hall–Kier alpha value is -5.74. The molecule has 2 amide bonds. The number of nitrogens with zero attached hydrogens (tertiary/aromatic N) is 4. The standard InChI is InChI=1S/C32H30N6O13S3/c1-15(39)49-20-4-3-17(9-21(20)50-16(2)40)25(29(45)46)51-36-23(19-11-52-31(33)34-19)26(43)35-24-27(44)38-12-32(30(47)48,14-54-28(24)38)13-53-18-5-7-37(8-6-18)10-22(41)42/h3-9,11,24-25,28H,10,12-14H2,1-2H3,(H5-,33,34,35,41,42,43,45,46,47,48)/p+1/t24?,25?,28-,32?/m1/s1. The van der Waals surface area contributed by atoms with Crippen LogP contribution in [0.25, 0.3) is 0 Å². The molecule has 1 aromatic carbocycles. The number of nitrogens with two attached hydrogens (primary N) is 1. The number of fused-ring (bicyclic) bond motifs is 1. The Morgan fingerprint density at radius 2 is 1.78 bits per heavy atom. The number of aromatic nitrogens is 2. The quantitative estimate of drug-likeness (QED) is 0.0270. The molecule has 5 rings (SSSR count). The fourth-order valence-electron chi connectivity index (χ4n) is 5.25. The molecule has 284 valence electrons. The Balaban J connectivity index is 1.31. The van der Waals surface area contributed by atoms with Gasteiger partial charge in [-0.2, -0.15) is 4.57 Å². The summed E-state index contributed by atoms with van der Waals surface area (Å²) in [6.07, 6.45) is 1.25. The van der Waals surface area contributed by atoms with Gasteiger partial charge in [-0.3, -0.25) is 24.0 Å². The fraction of sp³-hybridized carbons (Fsp3) is 0.312. The first-order valence-electron chi connectivity index (χ1n) is 15.6. The molecule has 22 heteroatoms. The van der Waals surface area contributed by atoms with Crippen LogP contribution in [0.1, 0.15) is 31.2 Å². The molecule has 0 radical (unpaired) electrons. The van der Waals surface area contributed by atoms with Crippen molar-refractivity contribution in [2.75, 3.05) is 23.8 Å². The van der Waals surface area contributed by atoms with Crippen LogP contribution in [0.2, 0.25) is 0 Å². The van der Waals surface area contributed by atoms with Gasteiger partial charge in [0, 0.05) is 59.9 Å². The van der Waals surface area contributed by atoms with Crippen molar-refractivity contribution in [1.29, 1.82) is 0 Å². The lowest BCUT2D eigenvalue weighted by Crippen LogP contribution is -2.74. The van der Waals surface area contributed by atoms with Crippen LogP contribution in [0.3, 0.4) is 0 Å². The first-order chi connectivity index (χ1) is 25.6. The van der Waals surface area contributed by atoms with Gasteiger partial charge in [0.2, 0.25) is 18.6 Å². The summed E-state index contributed by atoms with van der Waals surface area (Å²) in [7, 11) is 0. The van der Waals surface area contributed by atoms with E-state index in [2.05, 4.69) is 15.5 Å². The second-order valence-electron chi connectivity index (χ2n) is 11.8. The molecule has 2 fully saturated rings. The summed E-state index contributed by atoms with van der Waals surface area (Å²) in [6, 6.07) is 5.72. The van der Waals surface area contributed by atoms with Crippen molar-refractivity contribution >= 4 is 87.4 Å². The number of hydrogen-bond donors (Lipinski definition) is 5. The molecule has 0 saturated carbocycles. The molecule has 19 nitrogen and oxygen atoms in total. The molecule has 4 atom stereocenters. The highest BCUT2D eigenvalue weighted by atomic mass is 32.2. The topological polar surface area (TPSA) is 278 Å². The Labute approximate surface area is 317 Å². The number of nitrogens with one attached hydrogen (secondary N) is 1. The largest absolute Gasteiger partial charge is 0.481 e. The number of nitrogen functional groups attached to an aromatic ring is 1. The predicted octanol–water partition coefficient (Wildman–Crippen LogP) is 0.758. The first kappa shape index (κ1) is 39.5. The first-order valence-corrected chi connectivity index (χ1v) is 18.5. The zero-order valence-electron chi connectivity index (χ0n) is 28.2. The van der Waals surface area contributed by atoms with Crippen LogP contribution < -0.4 is 25.1 Å². The van der Waals surface area contributed by atoms with Gasteiger partial charge in [-0.1, -0.05) is 11.2 Å². The Bertz CT molecular complexity index is 2040. The van der Waals surface area contributed by atoms with E-state index in [9.17, 15) is 43.8 Å². The van der Waals surface area contributed by atoms with Gasteiger partial charge in [0.15, 0.2) is 34.7 Å². The number of ether oxygens (including phenoxy) is 2. The minimum Gasteiger partial charge on any atom is -0.481 e. The third kappa shape index (κ3) is 9.06. The number of β-lactam (4-membered cyclic amide) rings is 1. The number of carboxylic acid groups (broad SMARTS) is 3. The van der Waals surface area contributed by atoms with Crippen LogP contribution in [-0.2, 0) is 44.9 Å². The third-order valence-corrected chi connectivity index (χ3v) is 11.4. The molecular weight excluding hydrogens is 773 g/mol. The smallest absolute Gasteiger partial charge is 0.370 e. The van der Waals surface area contributed by atoms with Crippen molar-refractivity contribution in [2.45, 2.75) is 42.8 Å². The van der Waals surface area contributed by atoms with Crippen molar-refractivity contribution in [1.82, 2.24) is 15.2 Å². The lowest BCUT2D eigenvalue weighted by atomic mass is 9.89. The maximum atomic E-state index is 13.6. The molecule has 2 aliphatic rings. The molecule has 2 saturated heterocycles. The number of thioether (sulfide) groups is 2. The highest BCUT2D eigenvalue weighted by Gasteiger charge is 2.57. The average molecular weight is 804 g/mol. The second-order valence-corrected chi connectivity index (χ2v) is 14.9. The molecule has 3 unspecified atom stereocenters. The maximum absolute atomic E-state index is 13.6. The van der Waals surface area contributed by atoms with Crippen molar-refractivity contribution in [3.63, 3.8) is 0 Å². The Morgan fingerprint density at radius 1 is 1.09 bits per heavy atom. The van der Waals surface area contributed by atoms with E-state index >= 15 is 0 Å². The average Bonchev–Trinajstić information content (AvgIpc) is 3.53. The molecule has 0 spiro atoms. The SMILES string of the molecule is CC(=O)Oc1ccc(C(ON=C(C(=O)NC2C(=O)N3CC(CSc4cc[n+](CC(=O)O)cc4)(C(=O)O)CS[C@H]23)c2csc(N)n2)C(=O)O)cc1OC(C)=O. The number of rotatable bonds is 15. The van der Waals surface area contributed by atoms with Gasteiger partial charge in [0.25, 0.3) is 5.91 Å². The summed E-state index contributed by atoms with van der Waals surface area (Å²) in [5, 5.41) is 36.3. The van der Waals surface area contributed by atoms with Crippen molar-refractivity contribution < 1.29 is 67.8 Å². The van der Waals surface area contributed by atoms with Crippen molar-refractivity contribution in [3.05, 3.63) is 59.4 Å². The minimum absolute atomic E-state index is 0.0407. The van der Waals surface area contributed by atoms with Gasteiger partial charge in [-0.25, -0.2) is 14.6 Å². The van der Waals surface area contributed by atoms with Gasteiger partial charge < -0.3 is 45.6 Å². The van der Waals surface area contributed by atoms with Crippen LogP contribution in [-0.4, -0.2) is 102 Å². The molecular formula is C32H31N6O13S3+. The van der Waals surface area contributed by atoms with E-state index in [4.69, 9.17) is 25.2 Å². The summed E-state index contributed by atoms with van der Waals surface area (Å²) in [6.45, 7) is 1.83. The van der Waals surface area contributed by atoms with Crippen molar-refractivity contribution in [2.24, 2.45) is 10.6 Å². The summed E-state index contributed by atoms with van der Waals surface area (Å²) >= 11 is 3.36. The number of esters is 2. The Kier molecular flexibility index (Phi) is 12.1. The molecule has 3 aromatic rings. The number of carbonyl (C=O) groups is 7. The molecule has 6 N–H and O–H groups in total. The predicted molar refractivity (Wildman–Crippen MR) is 189 cm³/mol. The van der Waals surface area contributed by atoms with Crippen LogP contribution in [0.15, 0.2) is 58.2 Å². The number of benzene rings is 1. The van der Waals surface area contributed by atoms with E-state index in [0.717, 1.165) is 43.0 Å². The number of pyridine rings is 1. The van der Waals surface area contributed by atoms with Gasteiger partial charge in [-0.15, -0.1) is 34.9 Å². The normalized spacial score (nSPS) is 19.8. The van der Waals surface area contributed by atoms with Gasteiger partial charge >= 0.3 is 29.8 Å². The molecule has 2 aliphatic heterocycles. The second kappa shape index (κ2) is 16.5. The maximum Gasteiger partial charge on any atom is 0.370 e. The molecule has 2 aromatic heterocycles. The number of hydrogen-bond acceptors (Lipinski definition) is 16. The van der Waals surface area contributed by atoms with Crippen LogP contribution in [0, 0.1) is 5.41 Å². The van der Waals surface area contributed by atoms with Crippen LogP contribution in [0.4, 0.5) is 5.13 Å². The highest BCUT2D eigenvalue weighted by Crippen LogP contribution is 2.44. The fourth-order valence-corrected chi connectivity index (χ4v) is 8.55. The molecule has 0 aliphatic carbocycles. The van der Waals surface area contributed by atoms with E-state index in [1.165, 1.54) is 38.7 Å². The summed E-state index contributed by atoms with van der Waals surface area (Å²) in [5.74, 6) is -7.00. The lowest BCUT2D eigenvalue weighted by Gasteiger charge is -2.53. The van der Waals surface area contributed by atoms with Gasteiger partial charge in [-0.05, 0) is 12.1 Å². The minimum atomic E-state index is -1.89. The van der Waals surface area contributed by atoms with E-state index < -0.39 is 70.3 Å². The van der Waals surface area contributed by atoms with E-state index in [0.29, 0.717) is 4.90 Å².